The van der Waals surface area contributed by atoms with Crippen LogP contribution >= 0.6 is 15.9 Å². The summed E-state index contributed by atoms with van der Waals surface area (Å²) in [4.78, 5) is 4.62. The fourth-order valence-electron chi connectivity index (χ4n) is 2.69. The highest BCUT2D eigenvalue weighted by molar-refractivity contribution is 9.10. The predicted octanol–water partition coefficient (Wildman–Crippen LogP) is 5.23. The van der Waals surface area contributed by atoms with Crippen LogP contribution in [0.2, 0.25) is 0 Å². The maximum atomic E-state index is 13.0. The molecule has 6 heteroatoms. The minimum atomic E-state index is -3.71. The van der Waals surface area contributed by atoms with Gasteiger partial charge >= 0.3 is 0 Å². The van der Waals surface area contributed by atoms with Gasteiger partial charge in [0, 0.05) is 9.86 Å². The quantitative estimate of drug-likeness (QED) is 0.630. The van der Waals surface area contributed by atoms with Crippen molar-refractivity contribution in [3.8, 4) is 0 Å². The van der Waals surface area contributed by atoms with E-state index in [-0.39, 0.29) is 5.92 Å². The third-order valence-corrected chi connectivity index (χ3v) is 6.34. The standard InChI is InChI=1S/C19H19BrN2O2S/c1-12(2)16-10-17(20)13(3)8-19(16)25(23,24)22-15-9-14-6-4-5-7-18(14)21-11-15/h4-12,22H,1-3H3. The van der Waals surface area contributed by atoms with Gasteiger partial charge in [0.2, 0.25) is 0 Å². The van der Waals surface area contributed by atoms with Crippen molar-refractivity contribution in [2.24, 2.45) is 0 Å². The molecule has 1 aromatic heterocycles. The Morgan fingerprint density at radius 1 is 1.12 bits per heavy atom. The van der Waals surface area contributed by atoms with E-state index < -0.39 is 10.0 Å². The van der Waals surface area contributed by atoms with Crippen LogP contribution in [0.25, 0.3) is 10.9 Å². The van der Waals surface area contributed by atoms with E-state index in [0.29, 0.717) is 10.6 Å². The Labute approximate surface area is 156 Å². The van der Waals surface area contributed by atoms with Crippen molar-refractivity contribution < 1.29 is 8.42 Å². The first kappa shape index (κ1) is 17.9. The van der Waals surface area contributed by atoms with Gasteiger partial charge in [-0.15, -0.1) is 0 Å². The molecule has 0 bridgehead atoms. The van der Waals surface area contributed by atoms with Crippen LogP contribution < -0.4 is 4.72 Å². The first-order valence-corrected chi connectivity index (χ1v) is 10.2. The number of aryl methyl sites for hydroxylation is 1. The third kappa shape index (κ3) is 3.70. The van der Waals surface area contributed by atoms with Crippen LogP contribution in [0.15, 0.2) is 58.0 Å². The van der Waals surface area contributed by atoms with Crippen molar-refractivity contribution in [2.75, 3.05) is 4.72 Å². The molecule has 0 radical (unpaired) electrons. The lowest BCUT2D eigenvalue weighted by atomic mass is 10.0. The average Bonchev–Trinajstić information content (AvgIpc) is 2.56. The SMILES string of the molecule is Cc1cc(S(=O)(=O)Nc2cnc3ccccc3c2)c(C(C)C)cc1Br. The topological polar surface area (TPSA) is 59.1 Å². The number of sulfonamides is 1. The first-order valence-electron chi connectivity index (χ1n) is 7.95. The lowest BCUT2D eigenvalue weighted by Crippen LogP contribution is -2.16. The normalized spacial score (nSPS) is 11.9. The van der Waals surface area contributed by atoms with Gasteiger partial charge in [-0.1, -0.05) is 48.0 Å². The van der Waals surface area contributed by atoms with E-state index in [0.717, 1.165) is 26.5 Å². The molecule has 4 nitrogen and oxygen atoms in total. The molecule has 1 N–H and O–H groups in total. The van der Waals surface area contributed by atoms with E-state index >= 15 is 0 Å². The molecule has 0 aliphatic rings. The van der Waals surface area contributed by atoms with Crippen molar-refractivity contribution in [2.45, 2.75) is 31.6 Å². The maximum Gasteiger partial charge on any atom is 0.262 e. The van der Waals surface area contributed by atoms with Gasteiger partial charge < -0.3 is 0 Å². The molecule has 0 unspecified atom stereocenters. The summed E-state index contributed by atoms with van der Waals surface area (Å²) in [6.45, 7) is 5.84. The zero-order valence-electron chi connectivity index (χ0n) is 14.2. The van der Waals surface area contributed by atoms with Gasteiger partial charge in [-0.25, -0.2) is 8.42 Å². The van der Waals surface area contributed by atoms with Gasteiger partial charge in [-0.2, -0.15) is 0 Å². The number of benzene rings is 2. The monoisotopic (exact) mass is 418 g/mol. The van der Waals surface area contributed by atoms with Gasteiger partial charge in [0.1, 0.15) is 0 Å². The molecule has 130 valence electrons. The van der Waals surface area contributed by atoms with Crippen LogP contribution in [0.1, 0.15) is 30.9 Å². The fraction of sp³-hybridized carbons (Fsp3) is 0.211. The van der Waals surface area contributed by atoms with E-state index in [9.17, 15) is 8.42 Å². The Balaban J connectivity index is 2.05. The summed E-state index contributed by atoms with van der Waals surface area (Å²) in [6, 6.07) is 13.0. The van der Waals surface area contributed by atoms with E-state index in [1.807, 2.05) is 51.1 Å². The molecule has 0 fully saturated rings. The van der Waals surface area contributed by atoms with Crippen LogP contribution in [0.5, 0.6) is 0 Å². The van der Waals surface area contributed by atoms with Gasteiger partial charge in [-0.3, -0.25) is 9.71 Å². The van der Waals surface area contributed by atoms with Crippen LogP contribution in [-0.2, 0) is 10.0 Å². The second kappa shape index (κ2) is 6.77. The van der Waals surface area contributed by atoms with Gasteiger partial charge in [0.15, 0.2) is 0 Å². The van der Waals surface area contributed by atoms with Crippen LogP contribution in [0.4, 0.5) is 5.69 Å². The fourth-order valence-corrected chi connectivity index (χ4v) is 4.52. The molecular formula is C19H19BrN2O2S. The van der Waals surface area contributed by atoms with Gasteiger partial charge in [0.25, 0.3) is 10.0 Å². The van der Waals surface area contributed by atoms with Crippen LogP contribution in [0, 0.1) is 6.92 Å². The molecule has 0 aliphatic heterocycles. The molecule has 25 heavy (non-hydrogen) atoms. The van der Waals surface area contributed by atoms with Gasteiger partial charge in [-0.05, 0) is 48.2 Å². The van der Waals surface area contributed by atoms with Crippen molar-refractivity contribution in [1.29, 1.82) is 0 Å². The van der Waals surface area contributed by atoms with Crippen molar-refractivity contribution >= 4 is 42.5 Å². The summed E-state index contributed by atoms with van der Waals surface area (Å²) in [7, 11) is -3.71. The molecule has 0 spiro atoms. The highest BCUT2D eigenvalue weighted by Crippen LogP contribution is 2.31. The first-order chi connectivity index (χ1) is 11.8. The zero-order chi connectivity index (χ0) is 18.2. The molecule has 0 saturated heterocycles. The maximum absolute atomic E-state index is 13.0. The molecule has 1 heterocycles. The number of aromatic nitrogens is 1. The number of pyridine rings is 1. The Hall–Kier alpha value is -1.92. The van der Waals surface area contributed by atoms with E-state index in [1.165, 1.54) is 0 Å². The average molecular weight is 419 g/mol. The van der Waals surface area contributed by atoms with Crippen molar-refractivity contribution in [3.63, 3.8) is 0 Å². The lowest BCUT2D eigenvalue weighted by molar-refractivity contribution is 0.598. The summed E-state index contributed by atoms with van der Waals surface area (Å²) in [5, 5.41) is 0.888. The summed E-state index contributed by atoms with van der Waals surface area (Å²) >= 11 is 3.48. The molecule has 0 amide bonds. The van der Waals surface area contributed by atoms with Crippen LogP contribution in [0.3, 0.4) is 0 Å². The number of nitrogens with zero attached hydrogens (tertiary/aromatic N) is 1. The van der Waals surface area contributed by atoms with Gasteiger partial charge in [0.05, 0.1) is 22.3 Å². The van der Waals surface area contributed by atoms with Crippen molar-refractivity contribution in [1.82, 2.24) is 4.98 Å². The second-order valence-electron chi connectivity index (χ2n) is 6.32. The van der Waals surface area contributed by atoms with E-state index in [2.05, 4.69) is 25.6 Å². The van der Waals surface area contributed by atoms with Crippen LogP contribution in [-0.4, -0.2) is 13.4 Å². The number of anilines is 1. The Kier molecular flexibility index (Phi) is 4.84. The molecule has 2 aromatic carbocycles. The largest absolute Gasteiger partial charge is 0.278 e. The minimum Gasteiger partial charge on any atom is -0.278 e. The molecule has 3 aromatic rings. The Morgan fingerprint density at radius 3 is 2.56 bits per heavy atom. The number of hydrogen-bond acceptors (Lipinski definition) is 3. The highest BCUT2D eigenvalue weighted by atomic mass is 79.9. The molecule has 0 saturated carbocycles. The summed E-state index contributed by atoms with van der Waals surface area (Å²) in [6.07, 6.45) is 1.54. The molecule has 0 aliphatic carbocycles. The molecular weight excluding hydrogens is 400 g/mol. The minimum absolute atomic E-state index is 0.0817. The second-order valence-corrected chi connectivity index (χ2v) is 8.82. The highest BCUT2D eigenvalue weighted by Gasteiger charge is 2.22. The smallest absolute Gasteiger partial charge is 0.262 e. The number of nitrogens with one attached hydrogen (secondary N) is 1. The molecule has 0 atom stereocenters. The Morgan fingerprint density at radius 2 is 1.84 bits per heavy atom. The summed E-state index contributed by atoms with van der Waals surface area (Å²) in [5.41, 5.74) is 2.93. The summed E-state index contributed by atoms with van der Waals surface area (Å²) in [5.74, 6) is 0.0817. The number of fused-ring (bicyclic) bond motifs is 1. The Bertz CT molecular complexity index is 1050. The van der Waals surface area contributed by atoms with E-state index in [4.69, 9.17) is 0 Å². The molecule has 3 rings (SSSR count). The number of rotatable bonds is 4. The zero-order valence-corrected chi connectivity index (χ0v) is 16.6. The number of halogens is 1. The number of para-hydroxylation sites is 1. The third-order valence-electron chi connectivity index (χ3n) is 4.05. The lowest BCUT2D eigenvalue weighted by Gasteiger charge is -2.16. The van der Waals surface area contributed by atoms with Crippen molar-refractivity contribution in [3.05, 3.63) is 64.3 Å². The predicted molar refractivity (Wildman–Crippen MR) is 106 cm³/mol. The van der Waals surface area contributed by atoms with E-state index in [1.54, 1.807) is 18.3 Å². The summed E-state index contributed by atoms with van der Waals surface area (Å²) < 4.78 is 29.5. The number of hydrogen-bond donors (Lipinski definition) is 1.